The molecule has 0 bridgehead atoms. The monoisotopic (exact) mass is 298 g/mol. The third-order valence-corrected chi connectivity index (χ3v) is 3.22. The molecule has 0 aliphatic rings. The minimum atomic E-state index is -4.99. The molecule has 10 nitrogen and oxygen atoms in total. The minimum Gasteiger partial charge on any atom is -0.481 e. The summed E-state index contributed by atoms with van der Waals surface area (Å²) in [6, 6.07) is 0. The van der Waals surface area contributed by atoms with Crippen molar-refractivity contribution in [3.8, 4) is 0 Å². The average Bonchev–Trinajstić information content (AvgIpc) is 2.21. The zero-order chi connectivity index (χ0) is 15.2. The molecule has 0 saturated heterocycles. The minimum absolute atomic E-state index is 0.703. The molecule has 0 fully saturated rings. The molecule has 0 aliphatic carbocycles. The van der Waals surface area contributed by atoms with Gasteiger partial charge in [-0.1, -0.05) is 0 Å². The summed E-state index contributed by atoms with van der Waals surface area (Å²) in [5.41, 5.74) is 0. The fourth-order valence-corrected chi connectivity index (χ4v) is 1.96. The van der Waals surface area contributed by atoms with Crippen molar-refractivity contribution < 1.29 is 47.1 Å². The topological polar surface area (TPSA) is 172 Å². The van der Waals surface area contributed by atoms with Gasteiger partial charge in [0, 0.05) is 0 Å². The highest BCUT2D eigenvalue weighted by molar-refractivity contribution is 7.88. The van der Waals surface area contributed by atoms with Crippen LogP contribution in [0.2, 0.25) is 0 Å². The number of carbonyl (C=O) groups is 4. The van der Waals surface area contributed by atoms with E-state index < -0.39 is 58.5 Å². The van der Waals surface area contributed by atoms with E-state index in [1.54, 1.807) is 0 Å². The van der Waals surface area contributed by atoms with Crippen LogP contribution < -0.4 is 0 Å². The van der Waals surface area contributed by atoms with Crippen LogP contribution in [0, 0.1) is 0 Å². The summed E-state index contributed by atoms with van der Waals surface area (Å²) in [6.07, 6.45) is -2.77. The van der Waals surface area contributed by atoms with Gasteiger partial charge in [-0.25, -0.2) is 0 Å². The standard InChI is InChI=1S/C8H10O10S/c9-5(10)1-2-7(13)18-19(16,17)4(8(14)15)3-6(11)12/h4H,1-3H2,(H,9,10)(H,11,12)(H,14,15). The van der Waals surface area contributed by atoms with Crippen molar-refractivity contribution in [3.63, 3.8) is 0 Å². The lowest BCUT2D eigenvalue weighted by molar-refractivity contribution is -0.144. The Bertz CT molecular complexity index is 490. The van der Waals surface area contributed by atoms with E-state index in [2.05, 4.69) is 4.18 Å². The van der Waals surface area contributed by atoms with Crippen molar-refractivity contribution in [1.82, 2.24) is 0 Å². The second-order valence-electron chi connectivity index (χ2n) is 3.27. The lowest BCUT2D eigenvalue weighted by Crippen LogP contribution is -2.35. The van der Waals surface area contributed by atoms with E-state index in [4.69, 9.17) is 15.3 Å². The Morgan fingerprint density at radius 2 is 1.47 bits per heavy atom. The molecule has 1 unspecified atom stereocenters. The molecule has 0 saturated carbocycles. The first-order valence-corrected chi connectivity index (χ1v) is 6.16. The fourth-order valence-electron chi connectivity index (χ4n) is 0.910. The van der Waals surface area contributed by atoms with Crippen molar-refractivity contribution >= 4 is 34.0 Å². The summed E-state index contributed by atoms with van der Waals surface area (Å²) in [6.45, 7) is 0. The highest BCUT2D eigenvalue weighted by atomic mass is 32.2. The zero-order valence-corrected chi connectivity index (χ0v) is 10.1. The molecular weight excluding hydrogens is 288 g/mol. The van der Waals surface area contributed by atoms with Crippen molar-refractivity contribution in [3.05, 3.63) is 0 Å². The maximum Gasteiger partial charge on any atom is 0.326 e. The highest BCUT2D eigenvalue weighted by Gasteiger charge is 2.38. The average molecular weight is 298 g/mol. The second kappa shape index (κ2) is 6.68. The Morgan fingerprint density at radius 1 is 0.947 bits per heavy atom. The summed E-state index contributed by atoms with van der Waals surface area (Å²) < 4.78 is 26.5. The SMILES string of the molecule is O=C(O)CCC(=O)OS(=O)(=O)C(CC(=O)O)C(=O)O. The number of rotatable bonds is 8. The summed E-state index contributed by atoms with van der Waals surface area (Å²) in [4.78, 5) is 42.0. The van der Waals surface area contributed by atoms with Gasteiger partial charge in [-0.05, 0) is 0 Å². The van der Waals surface area contributed by atoms with E-state index in [9.17, 15) is 27.6 Å². The van der Waals surface area contributed by atoms with Gasteiger partial charge in [0.1, 0.15) is 0 Å². The first-order chi connectivity index (χ1) is 8.56. The molecule has 0 aliphatic heterocycles. The third kappa shape index (κ3) is 6.35. The van der Waals surface area contributed by atoms with Crippen LogP contribution >= 0.6 is 0 Å². The molecule has 0 amide bonds. The number of aliphatic carboxylic acids is 3. The molecule has 19 heavy (non-hydrogen) atoms. The quantitative estimate of drug-likeness (QED) is 0.454. The van der Waals surface area contributed by atoms with Gasteiger partial charge >= 0.3 is 34.0 Å². The number of carboxylic acids is 3. The Balaban J connectivity index is 4.83. The fraction of sp³-hybridized carbons (Fsp3) is 0.500. The zero-order valence-electron chi connectivity index (χ0n) is 9.31. The number of hydrogen-bond donors (Lipinski definition) is 3. The lowest BCUT2D eigenvalue weighted by atomic mass is 10.3. The van der Waals surface area contributed by atoms with Gasteiger partial charge in [-0.15, -0.1) is 0 Å². The molecule has 0 radical (unpaired) electrons. The molecule has 1 atom stereocenters. The van der Waals surface area contributed by atoms with Crippen molar-refractivity contribution in [2.24, 2.45) is 0 Å². The molecule has 0 rings (SSSR count). The Labute approximate surface area is 106 Å². The second-order valence-corrected chi connectivity index (χ2v) is 4.99. The van der Waals surface area contributed by atoms with Crippen molar-refractivity contribution in [1.29, 1.82) is 0 Å². The molecule has 108 valence electrons. The maximum atomic E-state index is 11.3. The van der Waals surface area contributed by atoms with E-state index in [0.717, 1.165) is 0 Å². The molecule has 0 aromatic carbocycles. The van der Waals surface area contributed by atoms with E-state index >= 15 is 0 Å². The molecule has 0 heterocycles. The van der Waals surface area contributed by atoms with Crippen LogP contribution in [0.4, 0.5) is 0 Å². The van der Waals surface area contributed by atoms with Gasteiger partial charge in [0.25, 0.3) is 0 Å². The van der Waals surface area contributed by atoms with Crippen LogP contribution in [-0.4, -0.2) is 52.9 Å². The van der Waals surface area contributed by atoms with Crippen LogP contribution in [0.3, 0.4) is 0 Å². The van der Waals surface area contributed by atoms with Crippen LogP contribution in [0.15, 0.2) is 0 Å². The predicted octanol–water partition coefficient (Wildman–Crippen LogP) is -1.35. The lowest BCUT2D eigenvalue weighted by Gasteiger charge is -2.10. The summed E-state index contributed by atoms with van der Waals surface area (Å²) >= 11 is 0. The van der Waals surface area contributed by atoms with E-state index in [0.29, 0.717) is 0 Å². The Hall–Kier alpha value is -2.17. The van der Waals surface area contributed by atoms with Gasteiger partial charge in [0.15, 0.2) is 0 Å². The molecular formula is C8H10O10S. The molecule has 3 N–H and O–H groups in total. The Morgan fingerprint density at radius 3 is 1.84 bits per heavy atom. The maximum absolute atomic E-state index is 11.3. The molecule has 11 heteroatoms. The summed E-state index contributed by atoms with van der Waals surface area (Å²) in [7, 11) is -4.99. The van der Waals surface area contributed by atoms with Gasteiger partial charge in [0.05, 0.1) is 19.3 Å². The smallest absolute Gasteiger partial charge is 0.326 e. The Kier molecular flexibility index (Phi) is 5.92. The van der Waals surface area contributed by atoms with Crippen molar-refractivity contribution in [2.45, 2.75) is 24.5 Å². The molecule has 0 aromatic rings. The number of carbonyl (C=O) groups excluding carboxylic acids is 1. The number of carboxylic acid groups (broad SMARTS) is 3. The van der Waals surface area contributed by atoms with Gasteiger partial charge in [-0.3, -0.25) is 19.2 Å². The molecule has 0 aromatic heterocycles. The van der Waals surface area contributed by atoms with E-state index in [-0.39, 0.29) is 0 Å². The largest absolute Gasteiger partial charge is 0.481 e. The van der Waals surface area contributed by atoms with Crippen LogP contribution in [0.1, 0.15) is 19.3 Å². The van der Waals surface area contributed by atoms with Crippen molar-refractivity contribution in [2.75, 3.05) is 0 Å². The van der Waals surface area contributed by atoms with Gasteiger partial charge in [0.2, 0.25) is 5.25 Å². The summed E-state index contributed by atoms with van der Waals surface area (Å²) in [5, 5.41) is 22.7. The highest BCUT2D eigenvalue weighted by Crippen LogP contribution is 2.11. The van der Waals surface area contributed by atoms with Gasteiger partial charge in [-0.2, -0.15) is 8.42 Å². The predicted molar refractivity (Wildman–Crippen MR) is 55.6 cm³/mol. The first kappa shape index (κ1) is 16.8. The number of hydrogen-bond acceptors (Lipinski definition) is 7. The van der Waals surface area contributed by atoms with E-state index in [1.165, 1.54) is 0 Å². The third-order valence-electron chi connectivity index (χ3n) is 1.74. The normalized spacial score (nSPS) is 12.4. The van der Waals surface area contributed by atoms with Crippen LogP contribution in [-0.2, 0) is 33.5 Å². The van der Waals surface area contributed by atoms with Crippen LogP contribution in [0.5, 0.6) is 0 Å². The summed E-state index contributed by atoms with van der Waals surface area (Å²) in [5.74, 6) is -6.56. The first-order valence-electron chi connectivity index (χ1n) is 4.68. The van der Waals surface area contributed by atoms with Crippen LogP contribution in [0.25, 0.3) is 0 Å². The molecule has 0 spiro atoms. The van der Waals surface area contributed by atoms with E-state index in [1.807, 2.05) is 0 Å². The van der Waals surface area contributed by atoms with Gasteiger partial charge < -0.3 is 19.5 Å².